The first kappa shape index (κ1) is 15.3. The van der Waals surface area contributed by atoms with E-state index in [0.717, 1.165) is 10.9 Å². The number of benzene rings is 2. The molecule has 0 bridgehead atoms. The van der Waals surface area contributed by atoms with Crippen molar-refractivity contribution in [3.8, 4) is 5.75 Å². The van der Waals surface area contributed by atoms with Crippen molar-refractivity contribution in [2.45, 2.75) is 19.5 Å². The number of para-hydroxylation sites is 1. The highest BCUT2D eigenvalue weighted by atomic mass is 16.6. The molecule has 2 aromatic carbocycles. The third-order valence-corrected chi connectivity index (χ3v) is 3.55. The molecule has 3 rings (SSSR count). The molecule has 128 valence electrons. The van der Waals surface area contributed by atoms with Crippen LogP contribution in [0.5, 0.6) is 5.75 Å². The van der Waals surface area contributed by atoms with Crippen molar-refractivity contribution in [1.82, 2.24) is 10.3 Å². The van der Waals surface area contributed by atoms with Gasteiger partial charge in [-0.25, -0.2) is 9.59 Å². The monoisotopic (exact) mass is 339 g/mol. The highest BCUT2D eigenvalue weighted by Crippen LogP contribution is 2.25. The zero-order valence-electron chi connectivity index (χ0n) is 14.6. The number of alkyl carbamates (subject to hydrolysis) is 1. The zero-order valence-corrected chi connectivity index (χ0v) is 13.6. The Morgan fingerprint density at radius 3 is 2.68 bits per heavy atom. The average molecular weight is 339 g/mol. The third kappa shape index (κ3) is 4.17. The third-order valence-electron chi connectivity index (χ3n) is 3.55. The number of hydrogen-bond donors (Lipinski definition) is 2. The number of carbonyl (C=O) groups excluding carboxylic acids is 2. The van der Waals surface area contributed by atoms with Gasteiger partial charge in [-0.2, -0.15) is 0 Å². The van der Waals surface area contributed by atoms with Crippen LogP contribution in [0.1, 0.15) is 13.9 Å². The summed E-state index contributed by atoms with van der Waals surface area (Å²) in [6.45, 7) is 0.313. The van der Waals surface area contributed by atoms with Crippen LogP contribution in [0.25, 0.3) is 10.9 Å². The molecule has 3 aromatic rings. The Morgan fingerprint density at radius 2 is 1.88 bits per heavy atom. The molecule has 0 saturated heterocycles. The highest BCUT2D eigenvalue weighted by Gasteiger charge is 2.20. The van der Waals surface area contributed by atoms with Crippen molar-refractivity contribution >= 4 is 23.0 Å². The molecule has 6 nitrogen and oxygen atoms in total. The van der Waals surface area contributed by atoms with E-state index in [-0.39, 0.29) is 0 Å². The van der Waals surface area contributed by atoms with Gasteiger partial charge < -0.3 is 19.8 Å². The first-order valence-corrected chi connectivity index (χ1v) is 7.77. The summed E-state index contributed by atoms with van der Waals surface area (Å²) in [6, 6.07) is 15.1. The smallest absolute Gasteiger partial charge is 0.408 e. The van der Waals surface area contributed by atoms with Crippen molar-refractivity contribution in [3.05, 3.63) is 66.4 Å². The Bertz CT molecular complexity index is 910. The molecule has 0 saturated carbocycles. The maximum atomic E-state index is 12.2. The minimum Gasteiger partial charge on any atom is -0.445 e. The van der Waals surface area contributed by atoms with Gasteiger partial charge >= 0.3 is 12.1 Å². The standard InChI is InChI=1S/C19H18N2O4/c1-13(21-19(23)24-12-14-7-3-2-4-8-14)18(22)25-17-11-20-16-10-6-5-9-15(16)17/h2-11,13,20H,12H2,1H3,(H,21,23)/t13-/m0/s1/i12D/t12?,13-. The van der Waals surface area contributed by atoms with Gasteiger partial charge in [0.15, 0.2) is 5.75 Å². The molecule has 6 heteroatoms. The van der Waals surface area contributed by atoms with E-state index in [0.29, 0.717) is 11.3 Å². The van der Waals surface area contributed by atoms with Crippen LogP contribution in [0.4, 0.5) is 4.79 Å². The Kier molecular flexibility index (Phi) is 4.59. The fourth-order valence-electron chi connectivity index (χ4n) is 2.25. The van der Waals surface area contributed by atoms with E-state index >= 15 is 0 Å². The second-order valence-corrected chi connectivity index (χ2v) is 5.42. The van der Waals surface area contributed by atoms with E-state index in [2.05, 4.69) is 10.3 Å². The lowest BCUT2D eigenvalue weighted by molar-refractivity contribution is -0.136. The number of carbonyl (C=O) groups is 2. The van der Waals surface area contributed by atoms with Gasteiger partial charge in [0.05, 0.1) is 1.37 Å². The number of amides is 1. The number of nitrogens with one attached hydrogen (secondary N) is 2. The van der Waals surface area contributed by atoms with Crippen molar-refractivity contribution < 1.29 is 20.4 Å². The maximum Gasteiger partial charge on any atom is 0.408 e. The number of ether oxygens (including phenoxy) is 2. The second kappa shape index (κ2) is 7.53. The van der Waals surface area contributed by atoms with E-state index in [9.17, 15) is 9.59 Å². The molecule has 2 N–H and O–H groups in total. The van der Waals surface area contributed by atoms with Gasteiger partial charge in [0.1, 0.15) is 12.6 Å². The lowest BCUT2D eigenvalue weighted by Crippen LogP contribution is -2.41. The fraction of sp³-hybridized carbons (Fsp3) is 0.158. The number of hydrogen-bond acceptors (Lipinski definition) is 4. The van der Waals surface area contributed by atoms with Crippen LogP contribution in [0, 0.1) is 0 Å². The summed E-state index contributed by atoms with van der Waals surface area (Å²) < 4.78 is 18.1. The lowest BCUT2D eigenvalue weighted by Gasteiger charge is -2.13. The van der Waals surface area contributed by atoms with Crippen LogP contribution in [0.2, 0.25) is 0 Å². The quantitative estimate of drug-likeness (QED) is 0.698. The SMILES string of the molecule is [2H]C(OC(=O)N[C@@H](C)C(=O)Oc1c[nH]c2ccccc12)c1ccccc1. The number of H-pyrrole nitrogens is 1. The van der Waals surface area contributed by atoms with Gasteiger partial charge in [0.2, 0.25) is 0 Å². The molecular formula is C19H18N2O4. The highest BCUT2D eigenvalue weighted by molar-refractivity contribution is 5.90. The molecular weight excluding hydrogens is 320 g/mol. The minimum absolute atomic E-state index is 0.385. The van der Waals surface area contributed by atoms with Crippen molar-refractivity contribution in [2.75, 3.05) is 0 Å². The number of fused-ring (bicyclic) bond motifs is 1. The van der Waals surface area contributed by atoms with Crippen molar-refractivity contribution in [3.63, 3.8) is 0 Å². The number of aromatic nitrogens is 1. The van der Waals surface area contributed by atoms with Crippen LogP contribution in [0.3, 0.4) is 0 Å². The van der Waals surface area contributed by atoms with E-state index in [1.807, 2.05) is 24.3 Å². The number of esters is 1. The van der Waals surface area contributed by atoms with E-state index in [4.69, 9.17) is 10.8 Å². The van der Waals surface area contributed by atoms with Crippen LogP contribution in [0.15, 0.2) is 60.8 Å². The molecule has 1 unspecified atom stereocenters. The molecule has 0 radical (unpaired) electrons. The summed E-state index contributed by atoms with van der Waals surface area (Å²) in [5.41, 5.74) is 1.38. The Morgan fingerprint density at radius 1 is 1.16 bits per heavy atom. The van der Waals surface area contributed by atoms with E-state index in [1.54, 1.807) is 36.5 Å². The summed E-state index contributed by atoms with van der Waals surface area (Å²) >= 11 is 0. The fourth-order valence-corrected chi connectivity index (χ4v) is 2.25. The van der Waals surface area contributed by atoms with Gasteiger partial charge in [-0.05, 0) is 24.6 Å². The molecule has 0 aliphatic rings. The molecule has 0 fully saturated rings. The zero-order chi connectivity index (χ0) is 18.5. The largest absolute Gasteiger partial charge is 0.445 e. The van der Waals surface area contributed by atoms with Crippen LogP contribution >= 0.6 is 0 Å². The van der Waals surface area contributed by atoms with Crippen LogP contribution in [-0.4, -0.2) is 23.1 Å². The summed E-state index contributed by atoms with van der Waals surface area (Å²) in [7, 11) is 0. The van der Waals surface area contributed by atoms with Gasteiger partial charge in [-0.1, -0.05) is 42.5 Å². The van der Waals surface area contributed by atoms with Gasteiger partial charge in [-0.15, -0.1) is 0 Å². The number of aromatic amines is 1. The molecule has 1 aromatic heterocycles. The average Bonchev–Trinajstić information content (AvgIpc) is 3.05. The molecule has 25 heavy (non-hydrogen) atoms. The summed E-state index contributed by atoms with van der Waals surface area (Å²) in [4.78, 5) is 27.1. The molecule has 1 amide bonds. The van der Waals surface area contributed by atoms with Gasteiger partial charge in [-0.3, -0.25) is 0 Å². The first-order chi connectivity index (χ1) is 12.5. The minimum atomic E-state index is -1.17. The lowest BCUT2D eigenvalue weighted by atomic mass is 10.2. The summed E-state index contributed by atoms with van der Waals surface area (Å²) in [5.74, 6) is -0.247. The molecule has 0 aliphatic carbocycles. The Balaban J connectivity index is 1.56. The summed E-state index contributed by atoms with van der Waals surface area (Å²) in [5, 5.41) is 3.14. The second-order valence-electron chi connectivity index (χ2n) is 5.42. The molecule has 0 spiro atoms. The number of rotatable bonds is 5. The summed E-state index contributed by atoms with van der Waals surface area (Å²) in [6.07, 6.45) is 0.722. The molecule has 2 atom stereocenters. The van der Waals surface area contributed by atoms with E-state index in [1.165, 1.54) is 6.92 Å². The predicted molar refractivity (Wildman–Crippen MR) is 93.2 cm³/mol. The Hall–Kier alpha value is -3.28. The normalized spacial score (nSPS) is 13.6. The molecule has 0 aliphatic heterocycles. The van der Waals surface area contributed by atoms with Crippen molar-refractivity contribution in [1.29, 1.82) is 0 Å². The van der Waals surface area contributed by atoms with Gasteiger partial charge in [0.25, 0.3) is 0 Å². The Labute approximate surface area is 146 Å². The molecule has 1 heterocycles. The predicted octanol–water partition coefficient (Wildman–Crippen LogP) is 3.39. The first-order valence-electron chi connectivity index (χ1n) is 8.34. The van der Waals surface area contributed by atoms with Gasteiger partial charge in [0, 0.05) is 17.1 Å². The van der Waals surface area contributed by atoms with E-state index < -0.39 is 24.7 Å². The topological polar surface area (TPSA) is 80.4 Å². The van der Waals surface area contributed by atoms with Crippen LogP contribution in [-0.2, 0) is 16.1 Å². The van der Waals surface area contributed by atoms with Crippen LogP contribution < -0.4 is 10.1 Å². The maximum absolute atomic E-state index is 12.2. The van der Waals surface area contributed by atoms with Crippen molar-refractivity contribution in [2.24, 2.45) is 0 Å².